The maximum atomic E-state index is 11.3. The molecule has 16 heavy (non-hydrogen) atoms. The van der Waals surface area contributed by atoms with Crippen molar-refractivity contribution in [3.63, 3.8) is 0 Å². The summed E-state index contributed by atoms with van der Waals surface area (Å²) in [6.45, 7) is 5.95. The molecule has 0 saturated heterocycles. The first-order chi connectivity index (χ1) is 7.59. The first-order valence-electron chi connectivity index (χ1n) is 5.23. The molecule has 0 atom stereocenters. The van der Waals surface area contributed by atoms with Crippen LogP contribution in [-0.2, 0) is 0 Å². The van der Waals surface area contributed by atoms with E-state index in [1.807, 2.05) is 0 Å². The van der Waals surface area contributed by atoms with E-state index in [-0.39, 0.29) is 10.6 Å². The normalized spacial score (nSPS) is 16.8. The summed E-state index contributed by atoms with van der Waals surface area (Å²) in [6, 6.07) is 0. The maximum Gasteiger partial charge on any atom is 0.285 e. The van der Waals surface area contributed by atoms with Gasteiger partial charge in [-0.25, -0.2) is 5.10 Å². The van der Waals surface area contributed by atoms with Gasteiger partial charge < -0.3 is 4.90 Å². The number of hydrogen-bond donors (Lipinski definition) is 1. The highest BCUT2D eigenvalue weighted by molar-refractivity contribution is 6.33. The Balaban J connectivity index is 2.34. The van der Waals surface area contributed by atoms with Gasteiger partial charge in [0.25, 0.3) is 5.56 Å². The lowest BCUT2D eigenvalue weighted by Gasteiger charge is -2.30. The van der Waals surface area contributed by atoms with E-state index >= 15 is 0 Å². The van der Waals surface area contributed by atoms with Crippen molar-refractivity contribution < 1.29 is 0 Å². The molecule has 1 aliphatic heterocycles. The van der Waals surface area contributed by atoms with E-state index in [4.69, 9.17) is 11.6 Å². The van der Waals surface area contributed by atoms with Crippen LogP contribution in [-0.4, -0.2) is 23.3 Å². The summed E-state index contributed by atoms with van der Waals surface area (Å²) in [5.41, 5.74) is 3.15. The number of halogens is 1. The molecular weight excluding hydrogens is 226 g/mol. The summed E-state index contributed by atoms with van der Waals surface area (Å²) in [4.78, 5) is 13.4. The van der Waals surface area contributed by atoms with Crippen LogP contribution in [0.1, 0.15) is 20.3 Å². The zero-order chi connectivity index (χ0) is 11.7. The number of H-pyrrole nitrogens is 1. The Morgan fingerprint density at radius 2 is 2.19 bits per heavy atom. The Bertz CT molecular complexity index is 492. The minimum atomic E-state index is -0.330. The Hall–Kier alpha value is -1.29. The van der Waals surface area contributed by atoms with Crippen LogP contribution in [0.25, 0.3) is 0 Å². The summed E-state index contributed by atoms with van der Waals surface area (Å²) in [7, 11) is 0. The van der Waals surface area contributed by atoms with Crippen LogP contribution in [0.2, 0.25) is 5.02 Å². The van der Waals surface area contributed by atoms with Crippen LogP contribution < -0.4 is 10.5 Å². The van der Waals surface area contributed by atoms with Gasteiger partial charge >= 0.3 is 0 Å². The molecule has 0 unspecified atom stereocenters. The van der Waals surface area contributed by atoms with E-state index in [0.29, 0.717) is 0 Å². The largest absolute Gasteiger partial charge is 0.365 e. The highest BCUT2D eigenvalue weighted by Gasteiger charge is 2.18. The Labute approximate surface area is 98.9 Å². The monoisotopic (exact) mass is 239 g/mol. The zero-order valence-electron chi connectivity index (χ0n) is 9.38. The van der Waals surface area contributed by atoms with E-state index in [1.54, 1.807) is 6.20 Å². The molecule has 0 amide bonds. The number of nitrogens with one attached hydrogen (secondary N) is 1. The van der Waals surface area contributed by atoms with E-state index in [9.17, 15) is 4.79 Å². The van der Waals surface area contributed by atoms with Crippen molar-refractivity contribution >= 4 is 17.3 Å². The summed E-state index contributed by atoms with van der Waals surface area (Å²) in [6.07, 6.45) is 2.62. The number of nitrogens with zero attached hydrogens (tertiary/aromatic N) is 2. The molecule has 0 radical (unpaired) electrons. The van der Waals surface area contributed by atoms with Crippen LogP contribution >= 0.6 is 11.6 Å². The van der Waals surface area contributed by atoms with Gasteiger partial charge in [-0.15, -0.1) is 0 Å². The Kier molecular flexibility index (Phi) is 3.01. The van der Waals surface area contributed by atoms with Crippen molar-refractivity contribution in [2.45, 2.75) is 20.3 Å². The van der Waals surface area contributed by atoms with Crippen molar-refractivity contribution in [2.24, 2.45) is 0 Å². The standard InChI is InChI=1S/C11H14ClN3O/c1-7-3-4-15(6-8(7)2)9-5-13-14-11(16)10(9)12/h5H,3-4,6H2,1-2H3,(H,14,16). The number of aromatic nitrogens is 2. The van der Waals surface area contributed by atoms with Crippen molar-refractivity contribution in [3.05, 3.63) is 32.7 Å². The number of rotatable bonds is 1. The molecule has 2 heterocycles. The van der Waals surface area contributed by atoms with Gasteiger partial charge in [0.15, 0.2) is 0 Å². The maximum absolute atomic E-state index is 11.3. The van der Waals surface area contributed by atoms with E-state index in [2.05, 4.69) is 28.9 Å². The smallest absolute Gasteiger partial charge is 0.285 e. The van der Waals surface area contributed by atoms with Crippen LogP contribution in [0.3, 0.4) is 0 Å². The van der Waals surface area contributed by atoms with Gasteiger partial charge in [-0.05, 0) is 20.3 Å². The summed E-state index contributed by atoms with van der Waals surface area (Å²) < 4.78 is 0. The fraction of sp³-hybridized carbons (Fsp3) is 0.455. The predicted octanol–water partition coefficient (Wildman–Crippen LogP) is 1.97. The third kappa shape index (κ3) is 1.97. The van der Waals surface area contributed by atoms with Gasteiger partial charge in [-0.2, -0.15) is 5.10 Å². The SMILES string of the molecule is CC1=C(C)CN(c2cn[nH]c(=O)c2Cl)CC1. The van der Waals surface area contributed by atoms with Crippen molar-refractivity contribution in [3.8, 4) is 0 Å². The number of hydrogen-bond acceptors (Lipinski definition) is 3. The van der Waals surface area contributed by atoms with E-state index in [0.717, 1.165) is 25.2 Å². The molecule has 86 valence electrons. The van der Waals surface area contributed by atoms with E-state index < -0.39 is 0 Å². The fourth-order valence-corrected chi connectivity index (χ4v) is 2.03. The van der Waals surface area contributed by atoms with Gasteiger partial charge in [0.1, 0.15) is 5.02 Å². The van der Waals surface area contributed by atoms with Crippen LogP contribution in [0.5, 0.6) is 0 Å². The van der Waals surface area contributed by atoms with Crippen LogP contribution in [0, 0.1) is 0 Å². The van der Waals surface area contributed by atoms with Gasteiger partial charge in [0.2, 0.25) is 0 Å². The molecule has 0 aromatic carbocycles. The highest BCUT2D eigenvalue weighted by Crippen LogP contribution is 2.26. The summed E-state index contributed by atoms with van der Waals surface area (Å²) in [5, 5.41) is 6.33. The molecule has 1 aromatic heterocycles. The Morgan fingerprint density at radius 3 is 2.88 bits per heavy atom. The first kappa shape index (κ1) is 11.2. The third-order valence-electron chi connectivity index (χ3n) is 3.03. The second kappa shape index (κ2) is 4.29. The third-order valence-corrected chi connectivity index (χ3v) is 3.40. The fourth-order valence-electron chi connectivity index (χ4n) is 1.82. The lowest BCUT2D eigenvalue weighted by molar-refractivity contribution is 0.751. The topological polar surface area (TPSA) is 49.0 Å². The molecule has 4 nitrogen and oxygen atoms in total. The average molecular weight is 240 g/mol. The Morgan fingerprint density at radius 1 is 1.44 bits per heavy atom. The molecule has 5 heteroatoms. The number of anilines is 1. The average Bonchev–Trinajstić information content (AvgIpc) is 2.26. The minimum Gasteiger partial charge on any atom is -0.365 e. The molecule has 0 bridgehead atoms. The van der Waals surface area contributed by atoms with Crippen molar-refractivity contribution in [1.29, 1.82) is 0 Å². The quantitative estimate of drug-likeness (QED) is 0.763. The van der Waals surface area contributed by atoms with Gasteiger partial charge in [0, 0.05) is 13.1 Å². The second-order valence-electron chi connectivity index (χ2n) is 4.13. The lowest BCUT2D eigenvalue weighted by atomic mass is 10.0. The molecule has 0 saturated carbocycles. The van der Waals surface area contributed by atoms with Crippen molar-refractivity contribution in [2.75, 3.05) is 18.0 Å². The van der Waals surface area contributed by atoms with Crippen LogP contribution in [0.15, 0.2) is 22.1 Å². The molecule has 0 aliphatic carbocycles. The zero-order valence-corrected chi connectivity index (χ0v) is 10.1. The van der Waals surface area contributed by atoms with E-state index in [1.165, 1.54) is 11.1 Å². The molecule has 1 aliphatic rings. The molecule has 2 rings (SSSR count). The lowest BCUT2D eigenvalue weighted by Crippen LogP contribution is -2.32. The van der Waals surface area contributed by atoms with Gasteiger partial charge in [-0.3, -0.25) is 4.79 Å². The number of aromatic amines is 1. The molecular formula is C11H14ClN3O. The van der Waals surface area contributed by atoms with Crippen molar-refractivity contribution in [1.82, 2.24) is 10.2 Å². The first-order valence-corrected chi connectivity index (χ1v) is 5.60. The second-order valence-corrected chi connectivity index (χ2v) is 4.51. The van der Waals surface area contributed by atoms with Gasteiger partial charge in [0.05, 0.1) is 11.9 Å². The summed E-state index contributed by atoms with van der Waals surface area (Å²) >= 11 is 5.97. The minimum absolute atomic E-state index is 0.224. The molecule has 0 spiro atoms. The predicted molar refractivity (Wildman–Crippen MR) is 65.1 cm³/mol. The summed E-state index contributed by atoms with van der Waals surface area (Å²) in [5.74, 6) is 0. The van der Waals surface area contributed by atoms with Crippen LogP contribution in [0.4, 0.5) is 5.69 Å². The molecule has 1 N–H and O–H groups in total. The van der Waals surface area contributed by atoms with Gasteiger partial charge in [-0.1, -0.05) is 22.7 Å². The molecule has 0 fully saturated rings. The molecule has 1 aromatic rings. The highest BCUT2D eigenvalue weighted by atomic mass is 35.5.